The molecule has 1 amide bonds. The van der Waals surface area contributed by atoms with Crippen molar-refractivity contribution in [2.75, 3.05) is 0 Å². The maximum Gasteiger partial charge on any atom is 0.220 e. The molecule has 1 rings (SSSR count). The number of hydrogen-bond acceptors (Lipinski definition) is 2. The van der Waals surface area contributed by atoms with E-state index in [1.807, 2.05) is 0 Å². The second kappa shape index (κ2) is 6.55. The summed E-state index contributed by atoms with van der Waals surface area (Å²) in [6.07, 6.45) is 5.92. The number of nitrogens with one attached hydrogen (secondary N) is 1. The van der Waals surface area contributed by atoms with E-state index in [9.17, 15) is 4.79 Å². The summed E-state index contributed by atoms with van der Waals surface area (Å²) < 4.78 is 0. The maximum absolute atomic E-state index is 11.9. The van der Waals surface area contributed by atoms with Crippen molar-refractivity contribution < 1.29 is 4.79 Å². The first-order chi connectivity index (χ1) is 8.26. The topological polar surface area (TPSA) is 55.1 Å². The lowest BCUT2D eigenvalue weighted by Gasteiger charge is -2.28. The molecule has 1 aliphatic rings. The van der Waals surface area contributed by atoms with E-state index in [0.29, 0.717) is 29.8 Å². The predicted molar refractivity (Wildman–Crippen MR) is 76.2 cm³/mol. The van der Waals surface area contributed by atoms with Gasteiger partial charge in [-0.3, -0.25) is 4.79 Å². The van der Waals surface area contributed by atoms with E-state index >= 15 is 0 Å². The zero-order valence-electron chi connectivity index (χ0n) is 12.5. The molecule has 1 atom stereocenters. The van der Waals surface area contributed by atoms with E-state index in [1.54, 1.807) is 0 Å². The van der Waals surface area contributed by atoms with Gasteiger partial charge in [0.2, 0.25) is 5.91 Å². The van der Waals surface area contributed by atoms with Crippen LogP contribution in [0.2, 0.25) is 0 Å². The average molecular weight is 254 g/mol. The van der Waals surface area contributed by atoms with Gasteiger partial charge in [0.15, 0.2) is 0 Å². The van der Waals surface area contributed by atoms with Crippen LogP contribution in [0.25, 0.3) is 0 Å². The largest absolute Gasteiger partial charge is 0.353 e. The van der Waals surface area contributed by atoms with Crippen LogP contribution < -0.4 is 11.1 Å². The molecule has 0 aromatic carbocycles. The number of amides is 1. The van der Waals surface area contributed by atoms with Gasteiger partial charge in [-0.15, -0.1) is 0 Å². The molecule has 0 aliphatic heterocycles. The minimum Gasteiger partial charge on any atom is -0.353 e. The van der Waals surface area contributed by atoms with Gasteiger partial charge in [-0.25, -0.2) is 0 Å². The highest BCUT2D eigenvalue weighted by atomic mass is 16.1. The van der Waals surface area contributed by atoms with Crippen LogP contribution in [0.4, 0.5) is 0 Å². The fraction of sp³-hybridized carbons (Fsp3) is 0.933. The zero-order valence-corrected chi connectivity index (χ0v) is 12.5. The van der Waals surface area contributed by atoms with Crippen molar-refractivity contribution >= 4 is 5.91 Å². The Kier molecular flexibility index (Phi) is 5.64. The SMILES string of the molecule is CC(CC(=O)NC1CCC(N)CC1)CC(C)(C)C. The van der Waals surface area contributed by atoms with E-state index < -0.39 is 0 Å². The van der Waals surface area contributed by atoms with Gasteiger partial charge in [-0.2, -0.15) is 0 Å². The lowest BCUT2D eigenvalue weighted by Crippen LogP contribution is -2.41. The second-order valence-electron chi connectivity index (χ2n) is 7.25. The molecule has 18 heavy (non-hydrogen) atoms. The molecule has 1 unspecified atom stereocenters. The summed E-state index contributed by atoms with van der Waals surface area (Å²) in [4.78, 5) is 11.9. The third-order valence-corrected chi connectivity index (χ3v) is 3.63. The summed E-state index contributed by atoms with van der Waals surface area (Å²) in [5, 5.41) is 3.16. The minimum atomic E-state index is 0.215. The molecule has 0 aromatic heterocycles. The van der Waals surface area contributed by atoms with Gasteiger partial charge in [0.1, 0.15) is 0 Å². The van der Waals surface area contributed by atoms with Gasteiger partial charge >= 0.3 is 0 Å². The summed E-state index contributed by atoms with van der Waals surface area (Å²) >= 11 is 0. The molecule has 0 saturated heterocycles. The standard InChI is InChI=1S/C15H30N2O/c1-11(10-15(2,3)4)9-14(18)17-13-7-5-12(16)6-8-13/h11-13H,5-10,16H2,1-4H3,(H,17,18). The highest BCUT2D eigenvalue weighted by Crippen LogP contribution is 2.26. The van der Waals surface area contributed by atoms with Crippen LogP contribution in [0, 0.1) is 11.3 Å². The van der Waals surface area contributed by atoms with Crippen LogP contribution in [0.15, 0.2) is 0 Å². The molecular formula is C15H30N2O. The monoisotopic (exact) mass is 254 g/mol. The zero-order chi connectivity index (χ0) is 13.8. The molecule has 1 saturated carbocycles. The molecule has 0 aromatic rings. The first-order valence-electron chi connectivity index (χ1n) is 7.31. The maximum atomic E-state index is 11.9. The lowest BCUT2D eigenvalue weighted by molar-refractivity contribution is -0.123. The molecule has 3 heteroatoms. The van der Waals surface area contributed by atoms with Crippen molar-refractivity contribution in [3.05, 3.63) is 0 Å². The van der Waals surface area contributed by atoms with Crippen LogP contribution in [0.3, 0.4) is 0 Å². The van der Waals surface area contributed by atoms with Crippen molar-refractivity contribution in [2.45, 2.75) is 78.3 Å². The molecular weight excluding hydrogens is 224 g/mol. The minimum absolute atomic E-state index is 0.215. The summed E-state index contributed by atoms with van der Waals surface area (Å²) in [5.74, 6) is 0.670. The number of hydrogen-bond donors (Lipinski definition) is 2. The Morgan fingerprint density at radius 1 is 1.28 bits per heavy atom. The van der Waals surface area contributed by atoms with Crippen LogP contribution in [0.5, 0.6) is 0 Å². The van der Waals surface area contributed by atoms with E-state index in [-0.39, 0.29) is 5.91 Å². The highest BCUT2D eigenvalue weighted by molar-refractivity contribution is 5.76. The molecule has 1 aliphatic carbocycles. The van der Waals surface area contributed by atoms with Crippen molar-refractivity contribution in [1.82, 2.24) is 5.32 Å². The van der Waals surface area contributed by atoms with Gasteiger partial charge in [-0.05, 0) is 43.4 Å². The van der Waals surface area contributed by atoms with Crippen molar-refractivity contribution in [3.8, 4) is 0 Å². The number of nitrogens with two attached hydrogens (primary N) is 1. The normalized spacial score (nSPS) is 26.7. The van der Waals surface area contributed by atoms with E-state index in [1.165, 1.54) is 0 Å². The number of carbonyl (C=O) groups is 1. The second-order valence-corrected chi connectivity index (χ2v) is 7.25. The first kappa shape index (κ1) is 15.5. The van der Waals surface area contributed by atoms with Crippen molar-refractivity contribution in [2.24, 2.45) is 17.1 Å². The molecule has 106 valence electrons. The number of carbonyl (C=O) groups excluding carboxylic acids is 1. The fourth-order valence-electron chi connectivity index (χ4n) is 2.98. The Balaban J connectivity index is 2.25. The van der Waals surface area contributed by atoms with E-state index in [4.69, 9.17) is 5.73 Å². The Bertz CT molecular complexity index is 262. The molecule has 1 fully saturated rings. The molecule has 3 nitrogen and oxygen atoms in total. The summed E-state index contributed by atoms with van der Waals surface area (Å²) in [6.45, 7) is 8.85. The van der Waals surface area contributed by atoms with Gasteiger partial charge in [-0.1, -0.05) is 27.7 Å². The molecule has 0 bridgehead atoms. The van der Waals surface area contributed by atoms with Crippen LogP contribution in [-0.2, 0) is 4.79 Å². The average Bonchev–Trinajstić information content (AvgIpc) is 2.18. The quantitative estimate of drug-likeness (QED) is 0.810. The van der Waals surface area contributed by atoms with Crippen molar-refractivity contribution in [3.63, 3.8) is 0 Å². The molecule has 0 spiro atoms. The first-order valence-corrected chi connectivity index (χ1v) is 7.31. The van der Waals surface area contributed by atoms with Crippen LogP contribution in [0.1, 0.15) is 66.2 Å². The molecule has 3 N–H and O–H groups in total. The van der Waals surface area contributed by atoms with Crippen molar-refractivity contribution in [1.29, 1.82) is 0 Å². The predicted octanol–water partition coefficient (Wildman–Crippen LogP) is 2.83. The van der Waals surface area contributed by atoms with E-state index in [2.05, 4.69) is 33.0 Å². The summed E-state index contributed by atoms with van der Waals surface area (Å²) in [6, 6.07) is 0.706. The van der Waals surface area contributed by atoms with Gasteiger partial charge in [0, 0.05) is 18.5 Å². The van der Waals surface area contributed by atoms with Crippen LogP contribution >= 0.6 is 0 Å². The van der Waals surface area contributed by atoms with Gasteiger partial charge in [0.25, 0.3) is 0 Å². The summed E-state index contributed by atoms with van der Waals surface area (Å²) in [7, 11) is 0. The third kappa shape index (κ3) is 6.39. The molecule has 0 radical (unpaired) electrons. The summed E-state index contributed by atoms with van der Waals surface area (Å²) in [5.41, 5.74) is 6.17. The fourth-order valence-corrected chi connectivity index (χ4v) is 2.98. The number of rotatable bonds is 4. The smallest absolute Gasteiger partial charge is 0.220 e. The van der Waals surface area contributed by atoms with Gasteiger partial charge in [0.05, 0.1) is 0 Å². The van der Waals surface area contributed by atoms with Gasteiger partial charge < -0.3 is 11.1 Å². The molecule has 0 heterocycles. The van der Waals surface area contributed by atoms with E-state index in [0.717, 1.165) is 32.1 Å². The highest BCUT2D eigenvalue weighted by Gasteiger charge is 2.22. The Labute approximate surface area is 112 Å². The Hall–Kier alpha value is -0.570. The lowest BCUT2D eigenvalue weighted by atomic mass is 9.84. The Morgan fingerprint density at radius 2 is 1.83 bits per heavy atom. The Morgan fingerprint density at radius 3 is 2.33 bits per heavy atom. The van der Waals surface area contributed by atoms with Crippen LogP contribution in [-0.4, -0.2) is 18.0 Å². The third-order valence-electron chi connectivity index (χ3n) is 3.63.